The van der Waals surface area contributed by atoms with E-state index >= 15 is 0 Å². The summed E-state index contributed by atoms with van der Waals surface area (Å²) in [4.78, 5) is 4.67. The normalized spacial score (nSPS) is 18.8. The highest BCUT2D eigenvalue weighted by Gasteiger charge is 2.29. The number of hydrogen-bond donors (Lipinski definition) is 1. The van der Waals surface area contributed by atoms with E-state index in [0.29, 0.717) is 11.7 Å². The zero-order valence-corrected chi connectivity index (χ0v) is 27.1. The lowest BCUT2D eigenvalue weighted by Gasteiger charge is -2.30. The van der Waals surface area contributed by atoms with Gasteiger partial charge in [-0.15, -0.1) is 0 Å². The first-order chi connectivity index (χ1) is 24.2. The van der Waals surface area contributed by atoms with E-state index in [-0.39, 0.29) is 18.1 Å². The summed E-state index contributed by atoms with van der Waals surface area (Å²) in [5.41, 5.74) is 8.82. The fourth-order valence-corrected chi connectivity index (χ4v) is 7.52. The highest BCUT2D eigenvalue weighted by atomic mass is 16.5. The van der Waals surface area contributed by atoms with Crippen LogP contribution in [0.5, 0.6) is 5.75 Å². The van der Waals surface area contributed by atoms with Crippen LogP contribution in [0.25, 0.3) is 57.2 Å². The first-order valence-electron chi connectivity index (χ1n) is 16.8. The monoisotopic (exact) mass is 634 g/mol. The third-order valence-electron chi connectivity index (χ3n) is 9.85. The summed E-state index contributed by atoms with van der Waals surface area (Å²) in [7, 11) is 0. The number of hydrogen-bond acceptors (Lipinski definition) is 4. The standard InChI is InChI=1S/C45H34N2O2/c1-3-11-41-39(4-2)46-44(48-41)30-22-18-28(19-23-30)37-26-32-27-38(34-13-6-8-15-36(34)43(32)35-14-7-5-12-33(35)37)29-20-24-31(25-21-29)45-47-40-16-9-10-17-42(40)49-45/h3-27,34,38,45,47H,2H2,1H3/b11-3-. The third kappa shape index (κ3) is 4.96. The van der Waals surface area contributed by atoms with Gasteiger partial charge in [0.25, 0.3) is 0 Å². The Morgan fingerprint density at radius 1 is 0.796 bits per heavy atom. The van der Waals surface area contributed by atoms with Gasteiger partial charge in [0, 0.05) is 23.0 Å². The van der Waals surface area contributed by atoms with Crippen LogP contribution in [0.2, 0.25) is 0 Å². The fraction of sp³-hybridized carbons (Fsp3) is 0.0889. The number of oxazole rings is 1. The average molecular weight is 635 g/mol. The van der Waals surface area contributed by atoms with Gasteiger partial charge in [-0.2, -0.15) is 0 Å². The van der Waals surface area contributed by atoms with Crippen LogP contribution < -0.4 is 20.5 Å². The lowest BCUT2D eigenvalue weighted by atomic mass is 9.74. The highest BCUT2D eigenvalue weighted by molar-refractivity contribution is 5.99. The molecule has 9 rings (SSSR count). The lowest BCUT2D eigenvalue weighted by molar-refractivity contribution is 0.260. The van der Waals surface area contributed by atoms with Crippen molar-refractivity contribution >= 4 is 40.3 Å². The van der Waals surface area contributed by atoms with Crippen molar-refractivity contribution in [1.82, 2.24) is 4.98 Å². The maximum absolute atomic E-state index is 6.20. The Morgan fingerprint density at radius 2 is 1.55 bits per heavy atom. The zero-order valence-electron chi connectivity index (χ0n) is 27.1. The molecule has 4 nitrogen and oxygen atoms in total. The number of allylic oxidation sites excluding steroid dienone is 5. The summed E-state index contributed by atoms with van der Waals surface area (Å²) < 4.78 is 12.3. The molecule has 5 aromatic carbocycles. The summed E-state index contributed by atoms with van der Waals surface area (Å²) in [5.74, 6) is 2.64. The van der Waals surface area contributed by atoms with Crippen molar-refractivity contribution < 1.29 is 9.15 Å². The van der Waals surface area contributed by atoms with E-state index in [4.69, 9.17) is 9.15 Å². The number of anilines is 1. The molecule has 2 heterocycles. The van der Waals surface area contributed by atoms with E-state index in [2.05, 4.69) is 132 Å². The second-order valence-corrected chi connectivity index (χ2v) is 12.7. The molecule has 0 saturated carbocycles. The molecule has 1 aliphatic heterocycles. The SMILES string of the molecule is C=Cc1nc(-c2ccc(-c3cc4c(c5ccccc35)=C3C=CC=CC3C(c3ccc(C5Nc6ccccc6O5)cc3)C=4)cc2)oc1/C=C\C. The summed E-state index contributed by atoms with van der Waals surface area (Å²) in [6.07, 6.45) is 16.9. The minimum Gasteiger partial charge on any atom is -0.464 e. The maximum Gasteiger partial charge on any atom is 0.227 e. The quantitative estimate of drug-likeness (QED) is 0.198. The fourth-order valence-electron chi connectivity index (χ4n) is 7.52. The molecule has 2 aliphatic carbocycles. The van der Waals surface area contributed by atoms with Gasteiger partial charge in [0.2, 0.25) is 5.89 Å². The molecule has 1 N–H and O–H groups in total. The van der Waals surface area contributed by atoms with Gasteiger partial charge in [-0.25, -0.2) is 4.98 Å². The number of rotatable bonds is 6. The Labute approximate surface area is 285 Å². The zero-order chi connectivity index (χ0) is 32.9. The van der Waals surface area contributed by atoms with Crippen molar-refractivity contribution in [3.8, 4) is 28.3 Å². The van der Waals surface area contributed by atoms with E-state index in [0.717, 1.165) is 33.8 Å². The second-order valence-electron chi connectivity index (χ2n) is 12.7. The molecule has 0 amide bonds. The molecule has 236 valence electrons. The molecule has 0 spiro atoms. The van der Waals surface area contributed by atoms with Crippen molar-refractivity contribution in [2.45, 2.75) is 19.1 Å². The van der Waals surface area contributed by atoms with Crippen LogP contribution in [0.4, 0.5) is 5.69 Å². The van der Waals surface area contributed by atoms with Crippen LogP contribution >= 0.6 is 0 Å². The summed E-state index contributed by atoms with van der Waals surface area (Å²) in [5, 5.41) is 8.59. The van der Waals surface area contributed by atoms with Gasteiger partial charge in [0.05, 0.1) is 5.69 Å². The molecular weight excluding hydrogens is 601 g/mol. The summed E-state index contributed by atoms with van der Waals surface area (Å²) in [6.45, 7) is 5.86. The van der Waals surface area contributed by atoms with Gasteiger partial charge in [-0.1, -0.05) is 116 Å². The maximum atomic E-state index is 6.20. The Hall–Kier alpha value is -6.13. The van der Waals surface area contributed by atoms with Crippen LogP contribution in [0.3, 0.4) is 0 Å². The van der Waals surface area contributed by atoms with Crippen LogP contribution in [0, 0.1) is 5.92 Å². The van der Waals surface area contributed by atoms with Crippen LogP contribution in [0.1, 0.15) is 41.7 Å². The van der Waals surface area contributed by atoms with E-state index in [1.165, 1.54) is 37.9 Å². The molecule has 1 aromatic heterocycles. The lowest BCUT2D eigenvalue weighted by Crippen LogP contribution is -2.36. The predicted molar refractivity (Wildman–Crippen MR) is 201 cm³/mol. The number of benzene rings is 5. The Balaban J connectivity index is 1.12. The molecule has 3 aliphatic rings. The summed E-state index contributed by atoms with van der Waals surface area (Å²) >= 11 is 0. The van der Waals surface area contributed by atoms with E-state index in [1.54, 1.807) is 6.08 Å². The highest BCUT2D eigenvalue weighted by Crippen LogP contribution is 2.41. The number of ether oxygens (including phenoxy) is 1. The smallest absolute Gasteiger partial charge is 0.227 e. The Kier molecular flexibility index (Phi) is 7.02. The van der Waals surface area contributed by atoms with Crippen molar-refractivity contribution in [2.24, 2.45) is 5.92 Å². The molecule has 0 radical (unpaired) electrons. The number of aromatic nitrogens is 1. The van der Waals surface area contributed by atoms with Gasteiger partial charge in [0.15, 0.2) is 12.0 Å². The molecule has 49 heavy (non-hydrogen) atoms. The molecule has 4 heteroatoms. The van der Waals surface area contributed by atoms with Gasteiger partial charge in [0.1, 0.15) is 11.4 Å². The number of para-hydroxylation sites is 2. The van der Waals surface area contributed by atoms with Gasteiger partial charge < -0.3 is 14.5 Å². The topological polar surface area (TPSA) is 47.3 Å². The first-order valence-corrected chi connectivity index (χ1v) is 16.8. The third-order valence-corrected chi connectivity index (χ3v) is 9.85. The van der Waals surface area contributed by atoms with E-state index in [1.807, 2.05) is 37.3 Å². The van der Waals surface area contributed by atoms with Gasteiger partial charge in [-0.05, 0) is 92.9 Å². The van der Waals surface area contributed by atoms with Crippen molar-refractivity contribution in [2.75, 3.05) is 5.32 Å². The summed E-state index contributed by atoms with van der Waals surface area (Å²) in [6, 6.07) is 36.7. The van der Waals surface area contributed by atoms with Crippen molar-refractivity contribution in [3.05, 3.63) is 173 Å². The molecular formula is C45H34N2O2. The molecule has 3 atom stereocenters. The largest absolute Gasteiger partial charge is 0.464 e. The second kappa shape index (κ2) is 11.8. The van der Waals surface area contributed by atoms with Crippen LogP contribution in [0.15, 0.2) is 145 Å². The van der Waals surface area contributed by atoms with Gasteiger partial charge in [-0.3, -0.25) is 0 Å². The minimum atomic E-state index is -0.190. The van der Waals surface area contributed by atoms with E-state index < -0.39 is 0 Å². The Morgan fingerprint density at radius 3 is 2.35 bits per heavy atom. The van der Waals surface area contributed by atoms with Crippen molar-refractivity contribution in [3.63, 3.8) is 0 Å². The number of nitrogens with one attached hydrogen (secondary N) is 1. The molecule has 0 fully saturated rings. The van der Waals surface area contributed by atoms with Crippen molar-refractivity contribution in [1.29, 1.82) is 0 Å². The van der Waals surface area contributed by atoms with Crippen LogP contribution in [-0.2, 0) is 0 Å². The average Bonchev–Trinajstić information content (AvgIpc) is 3.79. The first kappa shape index (κ1) is 29.0. The van der Waals surface area contributed by atoms with Crippen LogP contribution in [-0.4, -0.2) is 4.98 Å². The number of nitrogens with zero attached hydrogens (tertiary/aromatic N) is 1. The molecule has 0 bridgehead atoms. The predicted octanol–water partition coefficient (Wildman–Crippen LogP) is 9.81. The minimum absolute atomic E-state index is 0.190. The molecule has 6 aromatic rings. The number of fused-ring (bicyclic) bond motifs is 5. The molecule has 0 saturated heterocycles. The van der Waals surface area contributed by atoms with E-state index in [9.17, 15) is 0 Å². The van der Waals surface area contributed by atoms with Gasteiger partial charge >= 0.3 is 0 Å². The molecule has 3 unspecified atom stereocenters. The Bertz CT molecular complexity index is 2450.